The Labute approximate surface area is 112 Å². The minimum Gasteiger partial charge on any atom is -0.424 e. The molecule has 0 bridgehead atoms. The molecule has 102 valence electrons. The molecular formula is C14H20N4O. The zero-order valence-corrected chi connectivity index (χ0v) is 11.2. The van der Waals surface area contributed by atoms with Crippen LogP contribution in [0.5, 0.6) is 0 Å². The molecule has 5 nitrogen and oxygen atoms in total. The van der Waals surface area contributed by atoms with Crippen LogP contribution in [0.3, 0.4) is 0 Å². The monoisotopic (exact) mass is 260 g/mol. The van der Waals surface area contributed by atoms with Crippen molar-refractivity contribution in [1.82, 2.24) is 9.88 Å². The third-order valence-electron chi connectivity index (χ3n) is 3.68. The maximum atomic E-state index is 5.73. The summed E-state index contributed by atoms with van der Waals surface area (Å²) in [4.78, 5) is 6.78. The first kappa shape index (κ1) is 12.3. The highest BCUT2D eigenvalue weighted by atomic mass is 16.4. The Bertz CT molecular complexity index is 566. The molecule has 1 aromatic heterocycles. The van der Waals surface area contributed by atoms with Gasteiger partial charge in [-0.25, -0.2) is 0 Å². The minimum absolute atomic E-state index is 0.592. The van der Waals surface area contributed by atoms with Crippen LogP contribution in [0.1, 0.15) is 12.8 Å². The van der Waals surface area contributed by atoms with Gasteiger partial charge in [-0.1, -0.05) is 0 Å². The summed E-state index contributed by atoms with van der Waals surface area (Å²) in [7, 11) is 2.17. The van der Waals surface area contributed by atoms with E-state index in [0.29, 0.717) is 17.6 Å². The first-order chi connectivity index (χ1) is 9.20. The normalized spacial score (nSPS) is 20.8. The Morgan fingerprint density at radius 3 is 3.26 bits per heavy atom. The second-order valence-electron chi connectivity index (χ2n) is 5.40. The molecule has 0 aliphatic carbocycles. The lowest BCUT2D eigenvalue weighted by atomic mass is 9.99. The Balaban J connectivity index is 1.65. The van der Waals surface area contributed by atoms with Gasteiger partial charge < -0.3 is 20.4 Å². The molecular weight excluding hydrogens is 240 g/mol. The first-order valence-electron chi connectivity index (χ1n) is 6.79. The Kier molecular flexibility index (Phi) is 3.29. The van der Waals surface area contributed by atoms with Gasteiger partial charge in [0.1, 0.15) is 5.52 Å². The van der Waals surface area contributed by atoms with Gasteiger partial charge in [0.2, 0.25) is 0 Å². The molecule has 19 heavy (non-hydrogen) atoms. The second-order valence-corrected chi connectivity index (χ2v) is 5.40. The zero-order chi connectivity index (χ0) is 13.2. The van der Waals surface area contributed by atoms with Crippen LogP contribution in [0.2, 0.25) is 0 Å². The quantitative estimate of drug-likeness (QED) is 0.828. The summed E-state index contributed by atoms with van der Waals surface area (Å²) in [5, 5.41) is 3.30. The SMILES string of the molecule is CN1CCCC(CNc2nc3cc(N)ccc3o2)C1. The van der Waals surface area contributed by atoms with E-state index in [4.69, 9.17) is 10.2 Å². The Hall–Kier alpha value is -1.75. The van der Waals surface area contributed by atoms with Crippen LogP contribution >= 0.6 is 0 Å². The predicted molar refractivity (Wildman–Crippen MR) is 77.1 cm³/mol. The zero-order valence-electron chi connectivity index (χ0n) is 11.2. The highest BCUT2D eigenvalue weighted by Gasteiger charge is 2.17. The number of nitrogen functional groups attached to an aromatic ring is 1. The average Bonchev–Trinajstić information content (AvgIpc) is 2.78. The lowest BCUT2D eigenvalue weighted by Gasteiger charge is -2.29. The highest BCUT2D eigenvalue weighted by molar-refractivity contribution is 5.78. The van der Waals surface area contributed by atoms with Gasteiger partial charge >= 0.3 is 0 Å². The number of nitrogens with zero attached hydrogens (tertiary/aromatic N) is 2. The van der Waals surface area contributed by atoms with E-state index in [2.05, 4.69) is 22.2 Å². The molecule has 1 atom stereocenters. The third-order valence-corrected chi connectivity index (χ3v) is 3.68. The van der Waals surface area contributed by atoms with E-state index >= 15 is 0 Å². The molecule has 1 saturated heterocycles. The van der Waals surface area contributed by atoms with Crippen LogP contribution in [-0.2, 0) is 0 Å². The molecule has 5 heteroatoms. The van der Waals surface area contributed by atoms with Crippen molar-refractivity contribution < 1.29 is 4.42 Å². The summed E-state index contributed by atoms with van der Waals surface area (Å²) >= 11 is 0. The van der Waals surface area contributed by atoms with E-state index in [9.17, 15) is 0 Å². The van der Waals surface area contributed by atoms with Crippen LogP contribution in [-0.4, -0.2) is 36.6 Å². The van der Waals surface area contributed by atoms with Gasteiger partial charge in [0.05, 0.1) is 0 Å². The number of likely N-dealkylation sites (tertiary alicyclic amines) is 1. The molecule has 0 radical (unpaired) electrons. The van der Waals surface area contributed by atoms with Crippen LogP contribution < -0.4 is 11.1 Å². The fourth-order valence-corrected chi connectivity index (χ4v) is 2.69. The minimum atomic E-state index is 0.592. The third kappa shape index (κ3) is 2.81. The van der Waals surface area contributed by atoms with Gasteiger partial charge in [0.15, 0.2) is 5.58 Å². The summed E-state index contributed by atoms with van der Waals surface area (Å²) in [6, 6.07) is 6.11. The van der Waals surface area contributed by atoms with Crippen molar-refractivity contribution in [2.75, 3.05) is 37.7 Å². The maximum Gasteiger partial charge on any atom is 0.295 e. The van der Waals surface area contributed by atoms with Crippen LogP contribution in [0.25, 0.3) is 11.1 Å². The Morgan fingerprint density at radius 2 is 2.42 bits per heavy atom. The van der Waals surface area contributed by atoms with Gasteiger partial charge in [0, 0.05) is 18.8 Å². The summed E-state index contributed by atoms with van der Waals surface area (Å²) < 4.78 is 5.65. The van der Waals surface area contributed by atoms with E-state index in [1.165, 1.54) is 19.4 Å². The number of piperidine rings is 1. The number of rotatable bonds is 3. The number of oxazole rings is 1. The van der Waals surface area contributed by atoms with E-state index in [0.717, 1.165) is 24.2 Å². The van der Waals surface area contributed by atoms with Crippen molar-refractivity contribution in [1.29, 1.82) is 0 Å². The lowest BCUT2D eigenvalue weighted by Crippen LogP contribution is -2.35. The number of hydrogen-bond donors (Lipinski definition) is 2. The Morgan fingerprint density at radius 1 is 1.53 bits per heavy atom. The standard InChI is InChI=1S/C14H20N4O/c1-18-6-2-3-10(9-18)8-16-14-17-12-7-11(15)4-5-13(12)19-14/h4-5,7,10H,2-3,6,8-9,15H2,1H3,(H,16,17). The molecule has 3 rings (SSSR count). The van der Waals surface area contributed by atoms with Crippen LogP contribution in [0, 0.1) is 5.92 Å². The number of fused-ring (bicyclic) bond motifs is 1. The molecule has 0 saturated carbocycles. The number of benzene rings is 1. The highest BCUT2D eigenvalue weighted by Crippen LogP contribution is 2.22. The van der Waals surface area contributed by atoms with Crippen molar-refractivity contribution in [2.45, 2.75) is 12.8 Å². The van der Waals surface area contributed by atoms with Gasteiger partial charge in [0.25, 0.3) is 6.01 Å². The number of hydrogen-bond acceptors (Lipinski definition) is 5. The van der Waals surface area contributed by atoms with Gasteiger partial charge in [-0.2, -0.15) is 4.98 Å². The number of anilines is 2. The van der Waals surface area contributed by atoms with E-state index < -0.39 is 0 Å². The fourth-order valence-electron chi connectivity index (χ4n) is 2.69. The van der Waals surface area contributed by atoms with Crippen molar-refractivity contribution in [3.05, 3.63) is 18.2 Å². The number of nitrogens with one attached hydrogen (secondary N) is 1. The topological polar surface area (TPSA) is 67.3 Å². The van der Waals surface area contributed by atoms with E-state index in [1.54, 1.807) is 0 Å². The van der Waals surface area contributed by atoms with Crippen molar-refractivity contribution in [3.8, 4) is 0 Å². The predicted octanol–water partition coefficient (Wildman–Crippen LogP) is 2.16. The molecule has 2 aromatic rings. The largest absolute Gasteiger partial charge is 0.424 e. The molecule has 0 spiro atoms. The molecule has 1 aliphatic rings. The fraction of sp³-hybridized carbons (Fsp3) is 0.500. The summed E-state index contributed by atoms with van der Waals surface area (Å²) in [5.41, 5.74) is 8.03. The molecule has 3 N–H and O–H groups in total. The summed E-state index contributed by atoms with van der Waals surface area (Å²) in [6.07, 6.45) is 2.54. The van der Waals surface area contributed by atoms with Crippen molar-refractivity contribution in [3.63, 3.8) is 0 Å². The van der Waals surface area contributed by atoms with Gasteiger partial charge in [-0.3, -0.25) is 0 Å². The molecule has 1 aliphatic heterocycles. The van der Waals surface area contributed by atoms with Gasteiger partial charge in [-0.15, -0.1) is 0 Å². The number of nitrogens with two attached hydrogens (primary N) is 1. The van der Waals surface area contributed by atoms with Crippen molar-refractivity contribution >= 4 is 22.8 Å². The molecule has 1 fully saturated rings. The second kappa shape index (κ2) is 5.09. The molecule has 0 amide bonds. The first-order valence-corrected chi connectivity index (χ1v) is 6.79. The molecule has 1 aromatic carbocycles. The maximum absolute atomic E-state index is 5.73. The number of aromatic nitrogens is 1. The van der Waals surface area contributed by atoms with Crippen molar-refractivity contribution in [2.24, 2.45) is 5.92 Å². The van der Waals surface area contributed by atoms with Gasteiger partial charge in [-0.05, 0) is 50.6 Å². The lowest BCUT2D eigenvalue weighted by molar-refractivity contribution is 0.216. The molecule has 2 heterocycles. The van der Waals surface area contributed by atoms with E-state index in [-0.39, 0.29) is 0 Å². The van der Waals surface area contributed by atoms with Crippen LogP contribution in [0.4, 0.5) is 11.7 Å². The summed E-state index contributed by atoms with van der Waals surface area (Å²) in [6.45, 7) is 3.26. The van der Waals surface area contributed by atoms with Crippen LogP contribution in [0.15, 0.2) is 22.6 Å². The molecule has 1 unspecified atom stereocenters. The summed E-state index contributed by atoms with van der Waals surface area (Å²) in [5.74, 6) is 0.666. The van der Waals surface area contributed by atoms with E-state index in [1.807, 2.05) is 18.2 Å². The average molecular weight is 260 g/mol. The smallest absolute Gasteiger partial charge is 0.295 e.